The molecule has 1 heterocycles. The third-order valence-electron chi connectivity index (χ3n) is 10.4. The Labute approximate surface area is 275 Å². The number of aryl methyl sites for hydroxylation is 2. The second-order valence-electron chi connectivity index (χ2n) is 14.8. The van der Waals surface area contributed by atoms with Crippen molar-refractivity contribution in [3.63, 3.8) is 0 Å². The van der Waals surface area contributed by atoms with Crippen LogP contribution in [0.3, 0.4) is 0 Å². The summed E-state index contributed by atoms with van der Waals surface area (Å²) in [5, 5.41) is 21.0. The van der Waals surface area contributed by atoms with E-state index in [4.69, 9.17) is 14.2 Å². The highest BCUT2D eigenvalue weighted by Gasteiger charge is 2.56. The minimum absolute atomic E-state index is 0.00894. The molecule has 5 atom stereocenters. The van der Waals surface area contributed by atoms with Crippen LogP contribution in [-0.4, -0.2) is 45.6 Å². The van der Waals surface area contributed by atoms with Crippen molar-refractivity contribution in [2.45, 2.75) is 91.0 Å². The third kappa shape index (κ3) is 6.74. The second kappa shape index (κ2) is 12.5. The number of esters is 1. The monoisotopic (exact) mass is 649 g/mol. The lowest BCUT2D eigenvalue weighted by Gasteiger charge is -2.31. The van der Waals surface area contributed by atoms with Gasteiger partial charge in [0.15, 0.2) is 0 Å². The van der Waals surface area contributed by atoms with Gasteiger partial charge in [0.05, 0.1) is 24.4 Å². The molecule has 0 bridgehead atoms. The average Bonchev–Trinajstić information content (AvgIpc) is 3.39. The molecule has 47 heavy (non-hydrogen) atoms. The largest absolute Gasteiger partial charge is 0.493 e. The zero-order chi connectivity index (χ0) is 33.8. The van der Waals surface area contributed by atoms with Gasteiger partial charge < -0.3 is 24.4 Å². The first-order valence-electron chi connectivity index (χ1n) is 16.6. The predicted molar refractivity (Wildman–Crippen MR) is 173 cm³/mol. The molecule has 2 N–H and O–H groups in total. The SMILES string of the molecule is Cc1cc(OCC2CC(C)(O)C(C)(O)C2)cc(C)c1-c1cc(COc2cc3c(cn2)[C@@H]2[C@@H](CC(=O)OCC(C)C)[C@@H]2C3)c(F)cc1F. The Bertz CT molecular complexity index is 1650. The van der Waals surface area contributed by atoms with Crippen LogP contribution in [0.25, 0.3) is 11.1 Å². The van der Waals surface area contributed by atoms with Crippen molar-refractivity contribution in [2.75, 3.05) is 13.2 Å². The van der Waals surface area contributed by atoms with E-state index in [2.05, 4.69) is 4.98 Å². The van der Waals surface area contributed by atoms with Gasteiger partial charge in [-0.3, -0.25) is 4.79 Å². The van der Waals surface area contributed by atoms with Gasteiger partial charge in [0, 0.05) is 35.9 Å². The zero-order valence-corrected chi connectivity index (χ0v) is 28.0. The van der Waals surface area contributed by atoms with E-state index in [0.29, 0.717) is 67.4 Å². The smallest absolute Gasteiger partial charge is 0.306 e. The van der Waals surface area contributed by atoms with Crippen molar-refractivity contribution < 1.29 is 38.0 Å². The van der Waals surface area contributed by atoms with Gasteiger partial charge in [-0.2, -0.15) is 0 Å². The number of hydrogen-bond donors (Lipinski definition) is 2. The molecule has 3 aliphatic carbocycles. The number of pyridine rings is 1. The third-order valence-corrected chi connectivity index (χ3v) is 10.4. The average molecular weight is 650 g/mol. The summed E-state index contributed by atoms with van der Waals surface area (Å²) in [5.41, 5.74) is 2.60. The quantitative estimate of drug-likeness (QED) is 0.216. The van der Waals surface area contributed by atoms with E-state index in [9.17, 15) is 19.4 Å². The van der Waals surface area contributed by atoms with Crippen molar-refractivity contribution in [2.24, 2.45) is 23.7 Å². The summed E-state index contributed by atoms with van der Waals surface area (Å²) < 4.78 is 47.5. The number of ether oxygens (including phenoxy) is 3. The number of halogens is 2. The minimum Gasteiger partial charge on any atom is -0.493 e. The predicted octanol–water partition coefficient (Wildman–Crippen LogP) is 6.99. The van der Waals surface area contributed by atoms with Crippen LogP contribution in [0, 0.1) is 49.2 Å². The maximum absolute atomic E-state index is 15.2. The van der Waals surface area contributed by atoms with Gasteiger partial charge in [-0.15, -0.1) is 0 Å². The number of carbonyl (C=O) groups is 1. The number of aliphatic hydroxyl groups is 2. The minimum atomic E-state index is -1.18. The number of nitrogens with zero attached hydrogens (tertiary/aromatic N) is 1. The van der Waals surface area contributed by atoms with Crippen LogP contribution in [0.1, 0.15) is 80.7 Å². The van der Waals surface area contributed by atoms with Crippen LogP contribution in [0.5, 0.6) is 11.6 Å². The van der Waals surface area contributed by atoms with Crippen LogP contribution in [0.4, 0.5) is 8.78 Å². The number of hydrogen-bond acceptors (Lipinski definition) is 7. The van der Waals surface area contributed by atoms with Gasteiger partial charge in [-0.05, 0) is 123 Å². The summed E-state index contributed by atoms with van der Waals surface area (Å²) in [6, 6.07) is 7.92. The highest BCUT2D eigenvalue weighted by atomic mass is 19.1. The molecule has 252 valence electrons. The van der Waals surface area contributed by atoms with Crippen molar-refractivity contribution in [1.82, 2.24) is 4.98 Å². The summed E-state index contributed by atoms with van der Waals surface area (Å²) >= 11 is 0. The molecule has 6 rings (SSSR count). The van der Waals surface area contributed by atoms with Gasteiger partial charge in [0.2, 0.25) is 5.88 Å². The molecule has 1 aromatic heterocycles. The van der Waals surface area contributed by atoms with Gasteiger partial charge in [-0.25, -0.2) is 13.8 Å². The number of rotatable bonds is 11. The van der Waals surface area contributed by atoms with Gasteiger partial charge in [-0.1, -0.05) is 13.8 Å². The van der Waals surface area contributed by atoms with Crippen LogP contribution in [0.15, 0.2) is 36.5 Å². The maximum Gasteiger partial charge on any atom is 0.306 e. The Morgan fingerprint density at radius 3 is 2.34 bits per heavy atom. The first-order valence-corrected chi connectivity index (χ1v) is 16.6. The molecule has 0 amide bonds. The van der Waals surface area contributed by atoms with Crippen LogP contribution in [-0.2, 0) is 22.6 Å². The summed E-state index contributed by atoms with van der Waals surface area (Å²) in [6.07, 6.45) is 3.93. The number of fused-ring (bicyclic) bond motifs is 3. The maximum atomic E-state index is 15.2. The molecule has 2 aromatic carbocycles. The Morgan fingerprint density at radius 1 is 1.00 bits per heavy atom. The lowest BCUT2D eigenvalue weighted by Crippen LogP contribution is -2.44. The zero-order valence-electron chi connectivity index (χ0n) is 28.0. The summed E-state index contributed by atoms with van der Waals surface area (Å²) in [4.78, 5) is 16.7. The summed E-state index contributed by atoms with van der Waals surface area (Å²) in [5.74, 6) is 0.792. The molecule has 0 aliphatic heterocycles. The van der Waals surface area contributed by atoms with Crippen molar-refractivity contribution >= 4 is 5.97 Å². The Hall–Kier alpha value is -3.56. The lowest BCUT2D eigenvalue weighted by molar-refractivity contribution is -0.145. The molecule has 2 unspecified atom stereocenters. The molecule has 0 spiro atoms. The molecule has 9 heteroatoms. The normalized spacial score (nSPS) is 27.5. The molecular weight excluding hydrogens is 604 g/mol. The molecule has 0 radical (unpaired) electrons. The number of carbonyl (C=O) groups excluding carboxylic acids is 1. The second-order valence-corrected chi connectivity index (χ2v) is 14.8. The summed E-state index contributed by atoms with van der Waals surface area (Å²) in [6.45, 7) is 11.7. The molecule has 0 saturated heterocycles. The highest BCUT2D eigenvalue weighted by Crippen LogP contribution is 2.63. The molecular formula is C38H45F2NO6. The van der Waals surface area contributed by atoms with E-state index in [1.54, 1.807) is 20.0 Å². The van der Waals surface area contributed by atoms with E-state index in [0.717, 1.165) is 34.7 Å². The fraction of sp³-hybridized carbons (Fsp3) is 0.526. The van der Waals surface area contributed by atoms with E-state index in [1.807, 2.05) is 45.9 Å². The molecule has 3 aromatic rings. The first kappa shape index (κ1) is 33.3. The Balaban J connectivity index is 1.10. The molecule has 3 aliphatic rings. The van der Waals surface area contributed by atoms with Gasteiger partial charge in [0.25, 0.3) is 0 Å². The van der Waals surface area contributed by atoms with Crippen molar-refractivity contribution in [3.05, 3.63) is 76.0 Å². The highest BCUT2D eigenvalue weighted by molar-refractivity contribution is 5.73. The fourth-order valence-electron chi connectivity index (χ4n) is 7.72. The Morgan fingerprint density at radius 2 is 1.68 bits per heavy atom. The number of benzene rings is 2. The topological polar surface area (TPSA) is 98.1 Å². The Kier molecular flexibility index (Phi) is 8.85. The van der Waals surface area contributed by atoms with Gasteiger partial charge >= 0.3 is 5.97 Å². The van der Waals surface area contributed by atoms with Crippen LogP contribution >= 0.6 is 0 Å². The van der Waals surface area contributed by atoms with E-state index < -0.39 is 22.8 Å². The molecule has 7 nitrogen and oxygen atoms in total. The van der Waals surface area contributed by atoms with Crippen LogP contribution < -0.4 is 9.47 Å². The molecule has 2 saturated carbocycles. The first-order chi connectivity index (χ1) is 22.1. The number of aromatic nitrogens is 1. The summed E-state index contributed by atoms with van der Waals surface area (Å²) in [7, 11) is 0. The van der Waals surface area contributed by atoms with E-state index >= 15 is 4.39 Å². The standard InChI is InChI=1S/C38H45F2NO6/c1-20(2)17-47-34(42)12-28-27-9-24-11-33(41-16-30(24)36(27)28)46-19-25-10-29(32(40)13-31(25)39)35-21(3)7-26(8-22(35)4)45-18-23-14-37(5,43)38(6,44)15-23/h7-8,10-11,13,16,20,23,27-28,36,43-44H,9,12,14-15,17-19H2,1-6H3/t23?,27-,28-,36-,37?,38?/m0/s1. The van der Waals surface area contributed by atoms with Crippen molar-refractivity contribution in [3.8, 4) is 22.8 Å². The van der Waals surface area contributed by atoms with Gasteiger partial charge in [0.1, 0.15) is 24.0 Å². The van der Waals surface area contributed by atoms with E-state index in [1.165, 1.54) is 6.07 Å². The van der Waals surface area contributed by atoms with Crippen LogP contribution in [0.2, 0.25) is 0 Å². The lowest BCUT2D eigenvalue weighted by atomic mass is 9.90. The molecule has 2 fully saturated rings. The van der Waals surface area contributed by atoms with Crippen molar-refractivity contribution in [1.29, 1.82) is 0 Å². The fourth-order valence-corrected chi connectivity index (χ4v) is 7.72. The van der Waals surface area contributed by atoms with E-state index in [-0.39, 0.29) is 35.5 Å².